The molecule has 1 fully saturated rings. The molecule has 4 N–H and O–H groups in total. The van der Waals surface area contributed by atoms with E-state index in [1.807, 2.05) is 13.8 Å². The Labute approximate surface area is 182 Å². The first-order valence-electron chi connectivity index (χ1n) is 10.0. The van der Waals surface area contributed by atoms with Crippen LogP contribution in [0.4, 0.5) is 0 Å². The minimum atomic E-state index is -0.0584. The van der Waals surface area contributed by atoms with Gasteiger partial charge >= 0.3 is 0 Å². The number of hydrogen-bond acceptors (Lipinski definition) is 6. The van der Waals surface area contributed by atoms with Gasteiger partial charge in [0.1, 0.15) is 5.01 Å². The molecule has 0 aliphatic carbocycles. The number of guanidine groups is 1. The van der Waals surface area contributed by atoms with Crippen molar-refractivity contribution in [2.45, 2.75) is 20.3 Å². The number of nitrogens with two attached hydrogens (primary N) is 2. The number of thiazole rings is 1. The van der Waals surface area contributed by atoms with Crippen LogP contribution in [0.2, 0.25) is 0 Å². The maximum absolute atomic E-state index is 5.35. The Kier molecular flexibility index (Phi) is 7.57. The van der Waals surface area contributed by atoms with Gasteiger partial charge in [0.05, 0.1) is 16.3 Å². The second kappa shape index (κ2) is 10.3. The van der Waals surface area contributed by atoms with Crippen molar-refractivity contribution in [2.24, 2.45) is 21.7 Å². The highest BCUT2D eigenvalue weighted by molar-refractivity contribution is 7.17. The van der Waals surface area contributed by atoms with Crippen LogP contribution in [0, 0.1) is 18.8 Å². The number of hydrogen-bond donors (Lipinski definition) is 2. The van der Waals surface area contributed by atoms with Gasteiger partial charge in [0.25, 0.3) is 0 Å². The highest BCUT2D eigenvalue weighted by Crippen LogP contribution is 2.28. The fourth-order valence-corrected chi connectivity index (χ4v) is 4.19. The Morgan fingerprint density at radius 1 is 1.13 bits per heavy atom. The topological polar surface area (TPSA) is 96.1 Å². The molecular formula is C22H29N7S. The zero-order valence-electron chi connectivity index (χ0n) is 17.9. The van der Waals surface area contributed by atoms with Crippen LogP contribution in [-0.4, -0.2) is 66.2 Å². The van der Waals surface area contributed by atoms with Gasteiger partial charge in [0.15, 0.2) is 0 Å². The van der Waals surface area contributed by atoms with Gasteiger partial charge in [-0.2, -0.15) is 5.10 Å². The lowest BCUT2D eigenvalue weighted by molar-refractivity contribution is 0.157. The molecule has 2 heterocycles. The van der Waals surface area contributed by atoms with Crippen molar-refractivity contribution in [3.05, 3.63) is 40.4 Å². The van der Waals surface area contributed by atoms with E-state index >= 15 is 0 Å². The third kappa shape index (κ3) is 6.13. The second-order valence-electron chi connectivity index (χ2n) is 7.42. The lowest BCUT2D eigenvalue weighted by Crippen LogP contribution is -2.44. The molecule has 1 aromatic carbocycles. The molecule has 0 spiro atoms. The van der Waals surface area contributed by atoms with Gasteiger partial charge in [0.2, 0.25) is 5.96 Å². The van der Waals surface area contributed by atoms with E-state index in [9.17, 15) is 0 Å². The zero-order chi connectivity index (χ0) is 21.5. The van der Waals surface area contributed by atoms with Gasteiger partial charge in [-0.25, -0.2) is 4.98 Å². The van der Waals surface area contributed by atoms with Crippen molar-refractivity contribution in [2.75, 3.05) is 39.8 Å². The maximum Gasteiger partial charge on any atom is 0.211 e. The van der Waals surface area contributed by atoms with Crippen LogP contribution in [-0.2, 0) is 0 Å². The first-order valence-corrected chi connectivity index (χ1v) is 10.8. The number of rotatable bonds is 5. The fraction of sp³-hybridized carbons (Fsp3) is 0.409. The Morgan fingerprint density at radius 2 is 1.83 bits per heavy atom. The summed E-state index contributed by atoms with van der Waals surface area (Å²) in [6.07, 6.45) is 0.898. The summed E-state index contributed by atoms with van der Waals surface area (Å²) in [6, 6.07) is 8.23. The molecule has 3 rings (SSSR count). The predicted octanol–water partition coefficient (Wildman–Crippen LogP) is 2.10. The summed E-state index contributed by atoms with van der Waals surface area (Å²) >= 11 is 1.58. The lowest BCUT2D eigenvalue weighted by Gasteiger charge is -2.31. The standard InChI is InChI=1S/C22H29N7S/c1-16-20(17(2)26-27-22(23)24)30-21(25-16)19-9-7-18(8-10-19)6-4-5-11-29-14-12-28(3)13-15-29/h7-10H,5,11-15H2,1-3H3,(H4,23,24,27)/b26-17+. The third-order valence-corrected chi connectivity index (χ3v) is 6.27. The van der Waals surface area contributed by atoms with Crippen molar-refractivity contribution in [3.63, 3.8) is 0 Å². The highest BCUT2D eigenvalue weighted by atomic mass is 32.1. The lowest BCUT2D eigenvalue weighted by atomic mass is 10.1. The molecule has 2 aromatic rings. The summed E-state index contributed by atoms with van der Waals surface area (Å²) in [4.78, 5) is 10.5. The monoisotopic (exact) mass is 423 g/mol. The van der Waals surface area contributed by atoms with Crippen LogP contribution in [0.3, 0.4) is 0 Å². The van der Waals surface area contributed by atoms with E-state index in [0.717, 1.165) is 71.6 Å². The van der Waals surface area contributed by atoms with E-state index in [0.29, 0.717) is 0 Å². The average molecular weight is 424 g/mol. The van der Waals surface area contributed by atoms with Gasteiger partial charge in [-0.1, -0.05) is 24.0 Å². The minimum absolute atomic E-state index is 0.0584. The molecular weight excluding hydrogens is 394 g/mol. The molecule has 0 unspecified atom stereocenters. The van der Waals surface area contributed by atoms with Gasteiger partial charge in [0, 0.05) is 50.3 Å². The first-order chi connectivity index (χ1) is 14.4. The second-order valence-corrected chi connectivity index (χ2v) is 8.42. The Balaban J connectivity index is 1.60. The van der Waals surface area contributed by atoms with Gasteiger partial charge < -0.3 is 16.4 Å². The number of aromatic nitrogens is 1. The summed E-state index contributed by atoms with van der Waals surface area (Å²) in [6.45, 7) is 9.44. The maximum atomic E-state index is 5.35. The summed E-state index contributed by atoms with van der Waals surface area (Å²) in [5.74, 6) is 6.52. The molecule has 8 heteroatoms. The van der Waals surface area contributed by atoms with E-state index in [1.165, 1.54) is 0 Å². The van der Waals surface area contributed by atoms with Gasteiger partial charge in [-0.3, -0.25) is 4.90 Å². The molecule has 0 atom stereocenters. The van der Waals surface area contributed by atoms with Crippen LogP contribution in [0.1, 0.15) is 29.5 Å². The predicted molar refractivity (Wildman–Crippen MR) is 126 cm³/mol. The van der Waals surface area contributed by atoms with Crippen LogP contribution >= 0.6 is 11.3 Å². The Morgan fingerprint density at radius 3 is 2.50 bits per heavy atom. The fourth-order valence-electron chi connectivity index (χ4n) is 3.18. The zero-order valence-corrected chi connectivity index (χ0v) is 18.7. The van der Waals surface area contributed by atoms with Crippen molar-refractivity contribution < 1.29 is 0 Å². The number of piperazine rings is 1. The molecule has 1 aliphatic rings. The smallest absolute Gasteiger partial charge is 0.211 e. The molecule has 158 valence electrons. The summed E-state index contributed by atoms with van der Waals surface area (Å²) < 4.78 is 0. The molecule has 0 amide bonds. The van der Waals surface area contributed by atoms with Crippen LogP contribution in [0.25, 0.3) is 10.6 Å². The number of nitrogens with zero attached hydrogens (tertiary/aromatic N) is 5. The van der Waals surface area contributed by atoms with Crippen molar-refractivity contribution >= 4 is 23.0 Å². The van der Waals surface area contributed by atoms with Crippen LogP contribution < -0.4 is 11.5 Å². The molecule has 30 heavy (non-hydrogen) atoms. The van der Waals surface area contributed by atoms with Crippen molar-refractivity contribution in [1.29, 1.82) is 0 Å². The number of aryl methyl sites for hydroxylation is 1. The molecule has 1 aliphatic heterocycles. The normalized spacial score (nSPS) is 15.5. The summed E-state index contributed by atoms with van der Waals surface area (Å²) in [5, 5.41) is 8.72. The molecule has 1 aromatic heterocycles. The molecule has 0 saturated carbocycles. The van der Waals surface area contributed by atoms with Crippen molar-refractivity contribution in [3.8, 4) is 22.4 Å². The largest absolute Gasteiger partial charge is 0.369 e. The van der Waals surface area contributed by atoms with E-state index < -0.39 is 0 Å². The number of likely N-dealkylation sites (N-methyl/N-ethyl adjacent to an activating group) is 1. The van der Waals surface area contributed by atoms with Crippen LogP contribution in [0.5, 0.6) is 0 Å². The first kappa shape index (κ1) is 22.0. The summed E-state index contributed by atoms with van der Waals surface area (Å²) in [7, 11) is 2.18. The number of benzene rings is 1. The Hall–Kier alpha value is -2.73. The van der Waals surface area contributed by atoms with Crippen molar-refractivity contribution in [1.82, 2.24) is 14.8 Å². The van der Waals surface area contributed by atoms with E-state index in [1.54, 1.807) is 11.3 Å². The molecule has 0 bridgehead atoms. The third-order valence-electron chi connectivity index (χ3n) is 4.95. The highest BCUT2D eigenvalue weighted by Gasteiger charge is 2.13. The molecule has 7 nitrogen and oxygen atoms in total. The quantitative estimate of drug-likeness (QED) is 0.332. The van der Waals surface area contributed by atoms with Gasteiger partial charge in [-0.05, 0) is 33.0 Å². The SMILES string of the molecule is C/C(=N\N=C(N)N)c1sc(-c2ccc(C#CCCN3CCN(C)CC3)cc2)nc1C. The minimum Gasteiger partial charge on any atom is -0.369 e. The molecule has 0 radical (unpaired) electrons. The molecule has 1 saturated heterocycles. The summed E-state index contributed by atoms with van der Waals surface area (Å²) in [5.41, 5.74) is 14.4. The van der Waals surface area contributed by atoms with Gasteiger partial charge in [-0.15, -0.1) is 16.4 Å². The van der Waals surface area contributed by atoms with E-state index in [4.69, 9.17) is 11.5 Å². The van der Waals surface area contributed by atoms with Crippen LogP contribution in [0.15, 0.2) is 34.5 Å². The average Bonchev–Trinajstić information content (AvgIpc) is 3.13. The van der Waals surface area contributed by atoms with E-state index in [2.05, 4.69) is 68.1 Å². The van der Waals surface area contributed by atoms with E-state index in [-0.39, 0.29) is 5.96 Å². The Bertz CT molecular complexity index is 967.